The molecular weight excluding hydrogens is 426 g/mol. The van der Waals surface area contributed by atoms with Gasteiger partial charge in [-0.3, -0.25) is 14.5 Å². The van der Waals surface area contributed by atoms with Crippen LogP contribution in [0.2, 0.25) is 0 Å². The lowest BCUT2D eigenvalue weighted by molar-refractivity contribution is -0.134. The number of fused-ring (bicyclic) bond motifs is 1. The maximum absolute atomic E-state index is 13.6. The van der Waals surface area contributed by atoms with Crippen molar-refractivity contribution in [3.63, 3.8) is 0 Å². The number of carbonyl (C=O) groups excluding carboxylic acids is 3. The van der Waals surface area contributed by atoms with Crippen LogP contribution in [0.3, 0.4) is 0 Å². The third-order valence-corrected chi connectivity index (χ3v) is 7.14. The maximum atomic E-state index is 13.6. The van der Waals surface area contributed by atoms with Gasteiger partial charge < -0.3 is 10.2 Å². The van der Waals surface area contributed by atoms with Gasteiger partial charge in [0.05, 0.1) is 0 Å². The lowest BCUT2D eigenvalue weighted by Gasteiger charge is -2.35. The molecule has 174 valence electrons. The molecule has 1 saturated heterocycles. The van der Waals surface area contributed by atoms with E-state index in [-0.39, 0.29) is 18.5 Å². The number of carbonyl (C=O) groups is 3. The Bertz CT molecular complexity index is 1230. The second kappa shape index (κ2) is 8.93. The molecule has 6 heteroatoms. The van der Waals surface area contributed by atoms with Crippen LogP contribution in [-0.2, 0) is 15.1 Å². The van der Waals surface area contributed by atoms with E-state index in [9.17, 15) is 14.4 Å². The van der Waals surface area contributed by atoms with Gasteiger partial charge >= 0.3 is 6.03 Å². The Morgan fingerprint density at radius 2 is 1.62 bits per heavy atom. The van der Waals surface area contributed by atoms with Crippen LogP contribution < -0.4 is 10.2 Å². The highest BCUT2D eigenvalue weighted by Crippen LogP contribution is 2.34. The Morgan fingerprint density at radius 1 is 0.941 bits per heavy atom. The van der Waals surface area contributed by atoms with Gasteiger partial charge in [0, 0.05) is 11.7 Å². The maximum Gasteiger partial charge on any atom is 0.325 e. The third kappa shape index (κ3) is 3.83. The fraction of sp³-hybridized carbons (Fsp3) is 0.321. The molecule has 0 spiro atoms. The third-order valence-electron chi connectivity index (χ3n) is 7.14. The lowest BCUT2D eigenvalue weighted by atomic mass is 9.88. The molecule has 0 aromatic heterocycles. The monoisotopic (exact) mass is 455 g/mol. The highest BCUT2D eigenvalue weighted by Gasteiger charge is 2.50. The van der Waals surface area contributed by atoms with Crippen LogP contribution in [0.25, 0.3) is 10.8 Å². The highest BCUT2D eigenvalue weighted by atomic mass is 16.2. The normalized spacial score (nSPS) is 21.0. The number of nitrogens with zero attached hydrogens (tertiary/aromatic N) is 2. The van der Waals surface area contributed by atoms with Crippen molar-refractivity contribution in [3.05, 3.63) is 78.4 Å². The molecule has 34 heavy (non-hydrogen) atoms. The number of anilines is 1. The van der Waals surface area contributed by atoms with Crippen molar-refractivity contribution < 1.29 is 14.4 Å². The largest absolute Gasteiger partial charge is 0.325 e. The molecule has 1 aliphatic heterocycles. The Balaban J connectivity index is 1.44. The molecule has 1 heterocycles. The molecular formula is C28H29N3O3. The first-order valence-electron chi connectivity index (χ1n) is 12.0. The quantitative estimate of drug-likeness (QED) is 0.552. The second-order valence-corrected chi connectivity index (χ2v) is 9.36. The van der Waals surface area contributed by atoms with Gasteiger partial charge in [0.15, 0.2) is 0 Å². The van der Waals surface area contributed by atoms with Crippen LogP contribution in [0.1, 0.15) is 44.6 Å². The summed E-state index contributed by atoms with van der Waals surface area (Å²) in [7, 11) is 0. The number of urea groups is 1. The first kappa shape index (κ1) is 22.1. The van der Waals surface area contributed by atoms with Gasteiger partial charge in [-0.25, -0.2) is 4.79 Å². The number of amides is 4. The van der Waals surface area contributed by atoms with E-state index in [0.29, 0.717) is 0 Å². The van der Waals surface area contributed by atoms with Crippen molar-refractivity contribution in [1.29, 1.82) is 0 Å². The van der Waals surface area contributed by atoms with E-state index in [1.54, 1.807) is 11.8 Å². The fourth-order valence-electron chi connectivity index (χ4n) is 5.38. The van der Waals surface area contributed by atoms with Gasteiger partial charge in [-0.2, -0.15) is 0 Å². The van der Waals surface area contributed by atoms with E-state index >= 15 is 0 Å². The molecule has 4 amide bonds. The zero-order valence-corrected chi connectivity index (χ0v) is 19.4. The van der Waals surface area contributed by atoms with E-state index in [4.69, 9.17) is 0 Å². The van der Waals surface area contributed by atoms with Crippen LogP contribution in [-0.4, -0.2) is 35.3 Å². The van der Waals surface area contributed by atoms with Gasteiger partial charge in [0.25, 0.3) is 5.91 Å². The average Bonchev–Trinajstić information content (AvgIpc) is 3.09. The minimum Gasteiger partial charge on any atom is -0.319 e. The summed E-state index contributed by atoms with van der Waals surface area (Å²) in [6.07, 6.45) is 5.17. The summed E-state index contributed by atoms with van der Waals surface area (Å²) in [6, 6.07) is 22.6. The van der Waals surface area contributed by atoms with Crippen molar-refractivity contribution >= 4 is 34.3 Å². The van der Waals surface area contributed by atoms with Crippen LogP contribution in [0.15, 0.2) is 72.8 Å². The zero-order valence-electron chi connectivity index (χ0n) is 19.4. The van der Waals surface area contributed by atoms with Gasteiger partial charge in [-0.1, -0.05) is 79.9 Å². The molecule has 3 aromatic carbocycles. The van der Waals surface area contributed by atoms with E-state index in [1.807, 2.05) is 72.8 Å². The molecule has 0 unspecified atom stereocenters. The number of nitrogens with one attached hydrogen (secondary N) is 1. The van der Waals surface area contributed by atoms with E-state index in [2.05, 4.69) is 5.32 Å². The number of hydrogen-bond donors (Lipinski definition) is 1. The number of rotatable bonds is 5. The summed E-state index contributed by atoms with van der Waals surface area (Å²) in [4.78, 5) is 43.1. The fourth-order valence-corrected chi connectivity index (χ4v) is 5.38. The van der Waals surface area contributed by atoms with E-state index < -0.39 is 17.5 Å². The molecule has 0 radical (unpaired) electrons. The van der Waals surface area contributed by atoms with Gasteiger partial charge in [0.1, 0.15) is 12.1 Å². The molecule has 2 fully saturated rings. The molecule has 1 aliphatic carbocycles. The Hall–Kier alpha value is -3.67. The Morgan fingerprint density at radius 3 is 2.38 bits per heavy atom. The molecule has 2 aliphatic rings. The molecule has 1 N–H and O–H groups in total. The lowest BCUT2D eigenvalue weighted by Crippen LogP contribution is -2.48. The summed E-state index contributed by atoms with van der Waals surface area (Å²) in [5.41, 5.74) is 0.301. The van der Waals surface area contributed by atoms with Gasteiger partial charge in [0.2, 0.25) is 5.91 Å². The van der Waals surface area contributed by atoms with Gasteiger partial charge in [-0.15, -0.1) is 0 Å². The Labute approximate surface area is 199 Å². The summed E-state index contributed by atoms with van der Waals surface area (Å²) in [6.45, 7) is 1.44. The smallest absolute Gasteiger partial charge is 0.319 e. The Kier molecular flexibility index (Phi) is 5.82. The average molecular weight is 456 g/mol. The molecule has 6 nitrogen and oxygen atoms in total. The summed E-state index contributed by atoms with van der Waals surface area (Å²) >= 11 is 0. The topological polar surface area (TPSA) is 69.7 Å². The van der Waals surface area contributed by atoms with Crippen molar-refractivity contribution in [2.75, 3.05) is 11.4 Å². The molecule has 1 atom stereocenters. The minimum atomic E-state index is -1.24. The minimum absolute atomic E-state index is 0.0777. The standard InChI is InChI=1S/C28H29N3O3/c1-28(24-18-10-12-20-11-8-9-17-23(20)24)26(33)30(27(34)29-28)19-25(32)31(21-13-4-2-5-14-21)22-15-6-3-7-16-22/h2,4-5,8-14,17-18,22H,3,6-7,15-16,19H2,1H3,(H,29,34)/t28-/m0/s1. The molecule has 1 saturated carbocycles. The van der Waals surface area contributed by atoms with Crippen molar-refractivity contribution in [1.82, 2.24) is 10.2 Å². The number of benzene rings is 3. The van der Waals surface area contributed by atoms with Crippen molar-refractivity contribution in [2.45, 2.75) is 50.6 Å². The van der Waals surface area contributed by atoms with E-state index in [0.717, 1.165) is 52.6 Å². The molecule has 5 rings (SSSR count). The first-order chi connectivity index (χ1) is 16.5. The number of hydrogen-bond acceptors (Lipinski definition) is 3. The van der Waals surface area contributed by atoms with Crippen molar-refractivity contribution in [3.8, 4) is 0 Å². The van der Waals surface area contributed by atoms with Crippen LogP contribution in [0.5, 0.6) is 0 Å². The van der Waals surface area contributed by atoms with Crippen molar-refractivity contribution in [2.24, 2.45) is 0 Å². The summed E-state index contributed by atoms with van der Waals surface area (Å²) in [5, 5.41) is 4.76. The molecule has 3 aromatic rings. The SMILES string of the molecule is C[C@@]1(c2cccc3ccccc23)NC(=O)N(CC(=O)N(c2ccccc2)C2CCCCC2)C1=O. The van der Waals surface area contributed by atoms with E-state index in [1.165, 1.54) is 6.42 Å². The first-order valence-corrected chi connectivity index (χ1v) is 12.0. The highest BCUT2D eigenvalue weighted by molar-refractivity contribution is 6.12. The summed E-state index contributed by atoms with van der Waals surface area (Å²) in [5.74, 6) is -0.636. The van der Waals surface area contributed by atoms with Crippen LogP contribution in [0.4, 0.5) is 10.5 Å². The van der Waals surface area contributed by atoms with Crippen LogP contribution >= 0.6 is 0 Å². The summed E-state index contributed by atoms with van der Waals surface area (Å²) < 4.78 is 0. The molecule has 0 bridgehead atoms. The zero-order chi connectivity index (χ0) is 23.7. The predicted octanol–water partition coefficient (Wildman–Crippen LogP) is 4.97. The number of imide groups is 1. The predicted molar refractivity (Wildman–Crippen MR) is 132 cm³/mol. The van der Waals surface area contributed by atoms with Gasteiger partial charge in [-0.05, 0) is 48.2 Å². The number of para-hydroxylation sites is 1. The second-order valence-electron chi connectivity index (χ2n) is 9.36. The van der Waals surface area contributed by atoms with Crippen LogP contribution in [0, 0.1) is 0 Å².